The topological polar surface area (TPSA) is 58.1 Å². The molecule has 0 aliphatic rings. The van der Waals surface area contributed by atoms with Crippen LogP contribution in [0, 0.1) is 5.82 Å². The molecule has 0 saturated carbocycles. The third-order valence-corrected chi connectivity index (χ3v) is 2.48. The van der Waals surface area contributed by atoms with E-state index in [0.29, 0.717) is 11.5 Å². The quantitative estimate of drug-likeness (QED) is 0.916. The predicted octanol–water partition coefficient (Wildman–Crippen LogP) is 1.93. The van der Waals surface area contributed by atoms with Crippen LogP contribution < -0.4 is 10.2 Å². The Morgan fingerprint density at radius 2 is 2.11 bits per heavy atom. The molecular weight excluding hydrogens is 247 g/mol. The molecule has 0 aliphatic heterocycles. The lowest BCUT2D eigenvalue weighted by atomic mass is 10.2. The zero-order chi connectivity index (χ0) is 13.8. The van der Waals surface area contributed by atoms with Gasteiger partial charge in [0.15, 0.2) is 11.6 Å². The molecule has 0 aromatic carbocycles. The molecule has 2 rings (SSSR count). The van der Waals surface area contributed by atoms with E-state index in [4.69, 9.17) is 0 Å². The Kier molecular flexibility index (Phi) is 3.70. The minimum atomic E-state index is -0.657. The predicted molar refractivity (Wildman–Crippen MR) is 70.7 cm³/mol. The van der Waals surface area contributed by atoms with Crippen LogP contribution in [0.4, 0.5) is 15.9 Å². The van der Waals surface area contributed by atoms with Crippen molar-refractivity contribution >= 4 is 17.4 Å². The highest BCUT2D eigenvalue weighted by atomic mass is 19.1. The normalized spacial score (nSPS) is 10.1. The first-order valence-corrected chi connectivity index (χ1v) is 5.63. The summed E-state index contributed by atoms with van der Waals surface area (Å²) in [6.45, 7) is 0. The second kappa shape index (κ2) is 5.43. The van der Waals surface area contributed by atoms with Crippen LogP contribution in [-0.2, 0) is 0 Å². The van der Waals surface area contributed by atoms with Gasteiger partial charge < -0.3 is 10.2 Å². The molecule has 0 aliphatic carbocycles. The second-order valence-corrected chi connectivity index (χ2v) is 4.08. The smallest absolute Gasteiger partial charge is 0.258 e. The molecule has 5 nitrogen and oxygen atoms in total. The number of aromatic nitrogens is 2. The van der Waals surface area contributed by atoms with Crippen molar-refractivity contribution in [1.29, 1.82) is 0 Å². The van der Waals surface area contributed by atoms with E-state index in [1.54, 1.807) is 23.2 Å². The molecule has 1 amide bonds. The zero-order valence-corrected chi connectivity index (χ0v) is 10.6. The van der Waals surface area contributed by atoms with Gasteiger partial charge in [0.1, 0.15) is 0 Å². The van der Waals surface area contributed by atoms with Crippen molar-refractivity contribution in [3.8, 4) is 0 Å². The van der Waals surface area contributed by atoms with Gasteiger partial charge in [-0.05, 0) is 18.2 Å². The Balaban J connectivity index is 2.27. The molecule has 0 radical (unpaired) electrons. The Morgan fingerprint density at radius 1 is 1.32 bits per heavy atom. The van der Waals surface area contributed by atoms with E-state index in [2.05, 4.69) is 15.3 Å². The van der Waals surface area contributed by atoms with Gasteiger partial charge in [0, 0.05) is 26.5 Å². The van der Waals surface area contributed by atoms with Gasteiger partial charge in [-0.15, -0.1) is 0 Å². The largest absolute Gasteiger partial charge is 0.361 e. The molecule has 2 heterocycles. The van der Waals surface area contributed by atoms with E-state index in [1.807, 2.05) is 14.1 Å². The van der Waals surface area contributed by atoms with Crippen molar-refractivity contribution < 1.29 is 9.18 Å². The summed E-state index contributed by atoms with van der Waals surface area (Å²) in [6, 6.07) is 4.74. The molecule has 2 aromatic heterocycles. The molecule has 19 heavy (non-hydrogen) atoms. The van der Waals surface area contributed by atoms with Crippen LogP contribution in [0.15, 0.2) is 36.8 Å². The second-order valence-electron chi connectivity index (χ2n) is 4.08. The van der Waals surface area contributed by atoms with Crippen molar-refractivity contribution in [3.63, 3.8) is 0 Å². The van der Waals surface area contributed by atoms with Crippen LogP contribution in [-0.4, -0.2) is 30.0 Å². The van der Waals surface area contributed by atoms with Gasteiger partial charge >= 0.3 is 0 Å². The van der Waals surface area contributed by atoms with E-state index in [-0.39, 0.29) is 5.56 Å². The lowest BCUT2D eigenvalue weighted by Gasteiger charge is -2.16. The number of carbonyl (C=O) groups is 1. The van der Waals surface area contributed by atoms with E-state index >= 15 is 0 Å². The van der Waals surface area contributed by atoms with Crippen molar-refractivity contribution in [2.24, 2.45) is 0 Å². The minimum absolute atomic E-state index is 0.0523. The molecule has 0 bridgehead atoms. The number of pyridine rings is 2. The van der Waals surface area contributed by atoms with Crippen LogP contribution in [0.25, 0.3) is 0 Å². The summed E-state index contributed by atoms with van der Waals surface area (Å²) in [5.41, 5.74) is 0.470. The Hall–Kier alpha value is -2.50. The summed E-state index contributed by atoms with van der Waals surface area (Å²) in [5, 5.41) is 2.64. The van der Waals surface area contributed by atoms with Crippen LogP contribution >= 0.6 is 0 Å². The number of nitrogens with one attached hydrogen (secondary N) is 1. The van der Waals surface area contributed by atoms with Crippen molar-refractivity contribution in [2.75, 3.05) is 24.3 Å². The summed E-state index contributed by atoms with van der Waals surface area (Å²) in [5.74, 6) is -0.586. The van der Waals surface area contributed by atoms with E-state index < -0.39 is 11.7 Å². The molecule has 0 unspecified atom stereocenters. The Morgan fingerprint density at radius 3 is 2.79 bits per heavy atom. The van der Waals surface area contributed by atoms with Crippen LogP contribution in [0.5, 0.6) is 0 Å². The summed E-state index contributed by atoms with van der Waals surface area (Å²) < 4.78 is 13.5. The van der Waals surface area contributed by atoms with Crippen LogP contribution in [0.1, 0.15) is 10.4 Å². The van der Waals surface area contributed by atoms with Crippen LogP contribution in [0.2, 0.25) is 0 Å². The van der Waals surface area contributed by atoms with Gasteiger partial charge in [-0.3, -0.25) is 9.78 Å². The summed E-state index contributed by atoms with van der Waals surface area (Å²) >= 11 is 0. The van der Waals surface area contributed by atoms with Crippen molar-refractivity contribution in [3.05, 3.63) is 48.2 Å². The fourth-order valence-electron chi connectivity index (χ4n) is 1.60. The first-order valence-electron chi connectivity index (χ1n) is 5.63. The molecule has 1 N–H and O–H groups in total. The maximum Gasteiger partial charge on any atom is 0.258 e. The van der Waals surface area contributed by atoms with Gasteiger partial charge in [-0.25, -0.2) is 9.37 Å². The number of carbonyl (C=O) groups excluding carboxylic acids is 1. The molecule has 0 fully saturated rings. The average molecular weight is 260 g/mol. The van der Waals surface area contributed by atoms with Gasteiger partial charge in [0.05, 0.1) is 17.4 Å². The highest BCUT2D eigenvalue weighted by Crippen LogP contribution is 2.21. The number of anilines is 2. The molecule has 6 heteroatoms. The monoisotopic (exact) mass is 260 g/mol. The van der Waals surface area contributed by atoms with Gasteiger partial charge in [-0.1, -0.05) is 0 Å². The summed E-state index contributed by atoms with van der Waals surface area (Å²) in [7, 11) is 3.62. The lowest BCUT2D eigenvalue weighted by molar-refractivity contribution is 0.102. The third kappa shape index (κ3) is 2.85. The van der Waals surface area contributed by atoms with Crippen LogP contribution in [0.3, 0.4) is 0 Å². The fourth-order valence-corrected chi connectivity index (χ4v) is 1.60. The third-order valence-electron chi connectivity index (χ3n) is 2.48. The number of nitrogens with zero attached hydrogens (tertiary/aromatic N) is 3. The molecule has 98 valence electrons. The highest BCUT2D eigenvalue weighted by Gasteiger charge is 2.14. The number of hydrogen-bond donors (Lipinski definition) is 1. The van der Waals surface area contributed by atoms with E-state index in [1.165, 1.54) is 12.3 Å². The molecule has 0 spiro atoms. The molecule has 0 saturated heterocycles. The minimum Gasteiger partial charge on any atom is -0.361 e. The number of hydrogen-bond acceptors (Lipinski definition) is 4. The average Bonchev–Trinajstić information content (AvgIpc) is 2.39. The number of amides is 1. The van der Waals surface area contributed by atoms with Gasteiger partial charge in [0.25, 0.3) is 5.91 Å². The summed E-state index contributed by atoms with van der Waals surface area (Å²) in [6.07, 6.45) is 4.00. The van der Waals surface area contributed by atoms with Crippen molar-refractivity contribution in [2.45, 2.75) is 0 Å². The van der Waals surface area contributed by atoms with Gasteiger partial charge in [0.2, 0.25) is 0 Å². The first kappa shape index (κ1) is 12.9. The number of rotatable bonds is 3. The summed E-state index contributed by atoms with van der Waals surface area (Å²) in [4.78, 5) is 21.5. The number of halogens is 1. The van der Waals surface area contributed by atoms with E-state index in [0.717, 1.165) is 6.20 Å². The van der Waals surface area contributed by atoms with E-state index in [9.17, 15) is 9.18 Å². The maximum atomic E-state index is 13.5. The molecular formula is C13H13FN4O. The highest BCUT2D eigenvalue weighted by molar-refractivity contribution is 6.05. The SMILES string of the molecule is CN(C)c1ncccc1NC(=O)c1ccncc1F. The van der Waals surface area contributed by atoms with Crippen molar-refractivity contribution in [1.82, 2.24) is 9.97 Å². The molecule has 0 atom stereocenters. The lowest BCUT2D eigenvalue weighted by Crippen LogP contribution is -2.18. The fraction of sp³-hybridized carbons (Fsp3) is 0.154. The first-order chi connectivity index (χ1) is 9.09. The molecule has 2 aromatic rings. The standard InChI is InChI=1S/C13H13FN4O/c1-18(2)12-11(4-3-6-16-12)17-13(19)9-5-7-15-8-10(9)14/h3-8H,1-2H3,(H,17,19). The maximum absolute atomic E-state index is 13.5. The zero-order valence-electron chi connectivity index (χ0n) is 10.6. The Bertz CT molecular complexity index is 601. The Labute approximate surface area is 110 Å². The van der Waals surface area contributed by atoms with Gasteiger partial charge in [-0.2, -0.15) is 0 Å².